The maximum absolute atomic E-state index is 6.02. The van der Waals surface area contributed by atoms with Gasteiger partial charge in [0.1, 0.15) is 0 Å². The van der Waals surface area contributed by atoms with E-state index in [1.165, 1.54) is 24.1 Å². The molecule has 3 heterocycles. The van der Waals surface area contributed by atoms with Crippen LogP contribution in [0.5, 0.6) is 0 Å². The van der Waals surface area contributed by atoms with Gasteiger partial charge in [-0.1, -0.05) is 0 Å². The van der Waals surface area contributed by atoms with Gasteiger partial charge in [-0.25, -0.2) is 0 Å². The van der Waals surface area contributed by atoms with Gasteiger partial charge < -0.3 is 9.64 Å². The summed E-state index contributed by atoms with van der Waals surface area (Å²) in [4.78, 5) is 2.29. The largest absolute Gasteiger partial charge is 0.380 e. The third kappa shape index (κ3) is 3.15. The van der Waals surface area contributed by atoms with Gasteiger partial charge in [0.15, 0.2) is 5.82 Å². The first-order valence-corrected chi connectivity index (χ1v) is 8.92. The Balaban J connectivity index is 1.55. The zero-order valence-corrected chi connectivity index (χ0v) is 14.5. The van der Waals surface area contributed by atoms with Crippen LogP contribution in [-0.4, -0.2) is 39.7 Å². The van der Waals surface area contributed by atoms with E-state index >= 15 is 0 Å². The third-order valence-corrected chi connectivity index (χ3v) is 4.93. The Bertz CT molecular complexity index is 692. The van der Waals surface area contributed by atoms with E-state index in [4.69, 9.17) is 4.74 Å². The van der Waals surface area contributed by atoms with Crippen LogP contribution in [0.4, 0.5) is 5.82 Å². The molecule has 0 bridgehead atoms. The molecule has 1 aliphatic carbocycles. The van der Waals surface area contributed by atoms with Gasteiger partial charge in [0.25, 0.3) is 0 Å². The number of aryl methyl sites for hydroxylation is 2. The first-order valence-electron chi connectivity index (χ1n) is 8.92. The maximum atomic E-state index is 6.02. The molecule has 1 aliphatic heterocycles. The first kappa shape index (κ1) is 15.6. The van der Waals surface area contributed by atoms with Crippen LogP contribution in [0.2, 0.25) is 0 Å². The second kappa shape index (κ2) is 6.51. The number of anilines is 1. The van der Waals surface area contributed by atoms with Crippen molar-refractivity contribution in [3.05, 3.63) is 35.3 Å². The average molecular weight is 327 g/mol. The predicted molar refractivity (Wildman–Crippen MR) is 92.0 cm³/mol. The monoisotopic (exact) mass is 327 g/mol. The minimum atomic E-state index is 0.332. The molecule has 1 fully saturated rings. The molecule has 1 unspecified atom stereocenters. The minimum Gasteiger partial charge on any atom is -0.380 e. The SMILES string of the molecule is CCn1ncc2c1C(COCC1CC1)CN(c1ccc(C)nn1)C2. The molecule has 1 atom stereocenters. The molecule has 2 aromatic rings. The maximum Gasteiger partial charge on any atom is 0.151 e. The third-order valence-electron chi connectivity index (χ3n) is 4.93. The summed E-state index contributed by atoms with van der Waals surface area (Å²) >= 11 is 0. The normalized spacial score (nSPS) is 20.2. The van der Waals surface area contributed by atoms with E-state index in [-0.39, 0.29) is 0 Å². The highest BCUT2D eigenvalue weighted by Crippen LogP contribution is 2.33. The van der Waals surface area contributed by atoms with E-state index in [1.807, 2.05) is 19.2 Å². The van der Waals surface area contributed by atoms with Crippen LogP contribution in [0, 0.1) is 12.8 Å². The average Bonchev–Trinajstić information content (AvgIpc) is 3.32. The molecule has 0 spiro atoms. The summed E-state index contributed by atoms with van der Waals surface area (Å²) in [7, 11) is 0. The molecule has 0 aromatic carbocycles. The Morgan fingerprint density at radius 1 is 1.21 bits per heavy atom. The number of rotatable bonds is 6. The van der Waals surface area contributed by atoms with Gasteiger partial charge in [-0.2, -0.15) is 10.2 Å². The van der Waals surface area contributed by atoms with Gasteiger partial charge in [-0.15, -0.1) is 5.10 Å². The fourth-order valence-corrected chi connectivity index (χ4v) is 3.43. The summed E-state index contributed by atoms with van der Waals surface area (Å²) in [6.07, 6.45) is 4.66. The molecule has 6 nitrogen and oxygen atoms in total. The van der Waals surface area contributed by atoms with Crippen molar-refractivity contribution < 1.29 is 4.74 Å². The number of nitrogens with zero attached hydrogens (tertiary/aromatic N) is 5. The lowest BCUT2D eigenvalue weighted by Crippen LogP contribution is -2.37. The van der Waals surface area contributed by atoms with E-state index in [0.717, 1.165) is 50.3 Å². The van der Waals surface area contributed by atoms with Crippen molar-refractivity contribution in [2.45, 2.75) is 45.7 Å². The molecule has 6 heteroatoms. The standard InChI is InChI=1S/C18H25N5O/c1-3-23-18-15(8-19-23)9-22(17-7-4-13(2)20-21-17)10-16(18)12-24-11-14-5-6-14/h4,7-8,14,16H,3,5-6,9-12H2,1-2H3. The predicted octanol–water partition coefficient (Wildman–Crippen LogP) is 2.53. The highest BCUT2D eigenvalue weighted by atomic mass is 16.5. The first-order chi connectivity index (χ1) is 11.7. The molecule has 2 aromatic heterocycles. The minimum absolute atomic E-state index is 0.332. The molecule has 0 saturated heterocycles. The van der Waals surface area contributed by atoms with Gasteiger partial charge in [0.2, 0.25) is 0 Å². The van der Waals surface area contributed by atoms with Gasteiger partial charge in [-0.3, -0.25) is 4.68 Å². The van der Waals surface area contributed by atoms with Crippen LogP contribution in [0.1, 0.15) is 42.6 Å². The van der Waals surface area contributed by atoms with Gasteiger partial charge in [0.05, 0.1) is 24.2 Å². The van der Waals surface area contributed by atoms with Crippen molar-refractivity contribution in [1.82, 2.24) is 20.0 Å². The van der Waals surface area contributed by atoms with E-state index in [2.05, 4.69) is 37.9 Å². The number of hydrogen-bond acceptors (Lipinski definition) is 5. The molecular weight excluding hydrogens is 302 g/mol. The molecule has 24 heavy (non-hydrogen) atoms. The quantitative estimate of drug-likeness (QED) is 0.816. The van der Waals surface area contributed by atoms with Crippen molar-refractivity contribution >= 4 is 5.82 Å². The van der Waals surface area contributed by atoms with Crippen LogP contribution in [0.15, 0.2) is 18.3 Å². The van der Waals surface area contributed by atoms with Crippen molar-refractivity contribution in [3.63, 3.8) is 0 Å². The molecule has 2 aliphatic rings. The highest BCUT2D eigenvalue weighted by molar-refractivity contribution is 5.43. The van der Waals surface area contributed by atoms with E-state index in [0.29, 0.717) is 5.92 Å². The molecule has 0 amide bonds. The van der Waals surface area contributed by atoms with Crippen molar-refractivity contribution in [2.24, 2.45) is 5.92 Å². The molecule has 4 rings (SSSR count). The number of ether oxygens (including phenoxy) is 1. The fourth-order valence-electron chi connectivity index (χ4n) is 3.43. The van der Waals surface area contributed by atoms with Crippen molar-refractivity contribution in [3.8, 4) is 0 Å². The molecule has 0 radical (unpaired) electrons. The lowest BCUT2D eigenvalue weighted by molar-refractivity contribution is 0.108. The summed E-state index contributed by atoms with van der Waals surface area (Å²) in [5, 5.41) is 13.1. The Labute approximate surface area is 142 Å². The molecule has 1 saturated carbocycles. The Morgan fingerprint density at radius 2 is 2.08 bits per heavy atom. The van der Waals surface area contributed by atoms with Gasteiger partial charge in [0, 0.05) is 37.7 Å². The van der Waals surface area contributed by atoms with E-state index < -0.39 is 0 Å². The zero-order chi connectivity index (χ0) is 16.5. The second-order valence-corrected chi connectivity index (χ2v) is 6.96. The number of hydrogen-bond donors (Lipinski definition) is 0. The zero-order valence-electron chi connectivity index (χ0n) is 14.5. The van der Waals surface area contributed by atoms with E-state index in [9.17, 15) is 0 Å². The lowest BCUT2D eigenvalue weighted by Gasteiger charge is -2.33. The summed E-state index contributed by atoms with van der Waals surface area (Å²) < 4.78 is 8.15. The summed E-state index contributed by atoms with van der Waals surface area (Å²) in [6, 6.07) is 4.08. The Kier molecular flexibility index (Phi) is 4.22. The number of fused-ring (bicyclic) bond motifs is 1. The van der Waals surface area contributed by atoms with Crippen LogP contribution in [-0.2, 0) is 17.8 Å². The molecule has 128 valence electrons. The second-order valence-electron chi connectivity index (χ2n) is 6.96. The molecule has 0 N–H and O–H groups in total. The number of aromatic nitrogens is 4. The smallest absolute Gasteiger partial charge is 0.151 e. The highest BCUT2D eigenvalue weighted by Gasteiger charge is 2.31. The van der Waals surface area contributed by atoms with Crippen LogP contribution < -0.4 is 4.90 Å². The summed E-state index contributed by atoms with van der Waals surface area (Å²) in [5.41, 5.74) is 3.56. The van der Waals surface area contributed by atoms with Crippen LogP contribution in [0.3, 0.4) is 0 Å². The molecular formula is C18H25N5O. The van der Waals surface area contributed by atoms with E-state index in [1.54, 1.807) is 0 Å². The van der Waals surface area contributed by atoms with Crippen molar-refractivity contribution in [1.29, 1.82) is 0 Å². The Hall–Kier alpha value is -1.95. The van der Waals surface area contributed by atoms with Crippen LogP contribution >= 0.6 is 0 Å². The topological polar surface area (TPSA) is 56.1 Å². The Morgan fingerprint density at radius 3 is 2.79 bits per heavy atom. The van der Waals surface area contributed by atoms with Gasteiger partial charge >= 0.3 is 0 Å². The van der Waals surface area contributed by atoms with Crippen LogP contribution in [0.25, 0.3) is 0 Å². The lowest BCUT2D eigenvalue weighted by atomic mass is 9.97. The summed E-state index contributed by atoms with van der Waals surface area (Å²) in [5.74, 6) is 2.06. The fraction of sp³-hybridized carbons (Fsp3) is 0.611. The van der Waals surface area contributed by atoms with Crippen molar-refractivity contribution in [2.75, 3.05) is 24.7 Å². The van der Waals surface area contributed by atoms with Gasteiger partial charge in [-0.05, 0) is 44.7 Å². The summed E-state index contributed by atoms with van der Waals surface area (Å²) in [6.45, 7) is 8.41.